The molecule has 2 nitrogen and oxygen atoms in total. The average Bonchev–Trinajstić information content (AvgIpc) is 3.05. The van der Waals surface area contributed by atoms with Crippen molar-refractivity contribution in [2.24, 2.45) is 23.7 Å². The summed E-state index contributed by atoms with van der Waals surface area (Å²) in [7, 11) is 0. The third kappa shape index (κ3) is 2.23. The molecule has 3 aliphatic carbocycles. The molecule has 2 bridgehead atoms. The van der Waals surface area contributed by atoms with Gasteiger partial charge in [0.15, 0.2) is 0 Å². The lowest BCUT2D eigenvalue weighted by atomic mass is 9.84. The highest BCUT2D eigenvalue weighted by molar-refractivity contribution is 5.79. The van der Waals surface area contributed by atoms with Gasteiger partial charge >= 0.3 is 0 Å². The first-order chi connectivity index (χ1) is 8.24. The van der Waals surface area contributed by atoms with E-state index in [0.29, 0.717) is 17.9 Å². The Kier molecular flexibility index (Phi) is 3.14. The lowest BCUT2D eigenvalue weighted by Crippen LogP contribution is -2.42. The fraction of sp³-hybridized carbons (Fsp3) is 0.933. The van der Waals surface area contributed by atoms with Gasteiger partial charge in [-0.15, -0.1) is 0 Å². The van der Waals surface area contributed by atoms with Crippen LogP contribution in [0, 0.1) is 23.7 Å². The molecule has 0 aromatic carbocycles. The van der Waals surface area contributed by atoms with E-state index in [9.17, 15) is 4.79 Å². The standard InChI is InChI=1S/C15H25NO/c1-10(14-9-11-6-7-13(14)8-11)16-15(17)12-4-2-3-5-12/h10-14H,2-9H2,1H3,(H,16,17). The smallest absolute Gasteiger partial charge is 0.223 e. The van der Waals surface area contributed by atoms with E-state index in [4.69, 9.17) is 0 Å². The second-order valence-electron chi connectivity index (χ2n) is 6.62. The van der Waals surface area contributed by atoms with E-state index in [1.54, 1.807) is 0 Å². The van der Waals surface area contributed by atoms with Crippen LogP contribution in [0.2, 0.25) is 0 Å². The molecule has 4 atom stereocenters. The van der Waals surface area contributed by atoms with Gasteiger partial charge in [-0.2, -0.15) is 0 Å². The molecule has 2 heteroatoms. The van der Waals surface area contributed by atoms with E-state index in [1.165, 1.54) is 38.5 Å². The zero-order chi connectivity index (χ0) is 11.8. The van der Waals surface area contributed by atoms with Crippen molar-refractivity contribution in [2.75, 3.05) is 0 Å². The summed E-state index contributed by atoms with van der Waals surface area (Å²) >= 11 is 0. The van der Waals surface area contributed by atoms with Crippen LogP contribution in [0.3, 0.4) is 0 Å². The van der Waals surface area contributed by atoms with Crippen molar-refractivity contribution in [3.05, 3.63) is 0 Å². The second kappa shape index (κ2) is 4.62. The van der Waals surface area contributed by atoms with Crippen molar-refractivity contribution < 1.29 is 4.79 Å². The molecule has 0 heterocycles. The van der Waals surface area contributed by atoms with Crippen molar-refractivity contribution >= 4 is 5.91 Å². The monoisotopic (exact) mass is 235 g/mol. The Balaban J connectivity index is 1.52. The molecule has 0 radical (unpaired) electrons. The third-order valence-electron chi connectivity index (χ3n) is 5.53. The first-order valence-corrected chi connectivity index (χ1v) is 7.54. The zero-order valence-corrected chi connectivity index (χ0v) is 11.0. The number of hydrogen-bond donors (Lipinski definition) is 1. The summed E-state index contributed by atoms with van der Waals surface area (Å²) in [6.45, 7) is 2.23. The maximum atomic E-state index is 12.1. The average molecular weight is 235 g/mol. The number of amides is 1. The highest BCUT2D eigenvalue weighted by Crippen LogP contribution is 2.49. The third-order valence-corrected chi connectivity index (χ3v) is 5.53. The summed E-state index contributed by atoms with van der Waals surface area (Å²) in [5.74, 6) is 3.35. The molecule has 4 unspecified atom stereocenters. The first-order valence-electron chi connectivity index (χ1n) is 7.54. The number of fused-ring (bicyclic) bond motifs is 2. The lowest BCUT2D eigenvalue weighted by Gasteiger charge is -2.29. The normalized spacial score (nSPS) is 38.5. The van der Waals surface area contributed by atoms with Crippen LogP contribution in [-0.4, -0.2) is 11.9 Å². The highest BCUT2D eigenvalue weighted by atomic mass is 16.1. The van der Waals surface area contributed by atoms with Gasteiger partial charge in [0.2, 0.25) is 5.91 Å². The van der Waals surface area contributed by atoms with Crippen LogP contribution < -0.4 is 5.32 Å². The van der Waals surface area contributed by atoms with Crippen LogP contribution in [-0.2, 0) is 4.79 Å². The molecule has 17 heavy (non-hydrogen) atoms. The number of carbonyl (C=O) groups excluding carboxylic acids is 1. The summed E-state index contributed by atoms with van der Waals surface area (Å²) < 4.78 is 0. The van der Waals surface area contributed by atoms with Crippen LogP contribution in [0.15, 0.2) is 0 Å². The predicted molar refractivity (Wildman–Crippen MR) is 68.5 cm³/mol. The largest absolute Gasteiger partial charge is 0.353 e. The second-order valence-corrected chi connectivity index (χ2v) is 6.62. The van der Waals surface area contributed by atoms with E-state index in [-0.39, 0.29) is 0 Å². The molecule has 0 aliphatic heterocycles. The minimum atomic E-state index is 0.330. The first kappa shape index (κ1) is 11.6. The van der Waals surface area contributed by atoms with E-state index in [0.717, 1.165) is 30.6 Å². The minimum Gasteiger partial charge on any atom is -0.353 e. The Morgan fingerprint density at radius 1 is 1.12 bits per heavy atom. The molecule has 0 spiro atoms. The van der Waals surface area contributed by atoms with Gasteiger partial charge in [0, 0.05) is 12.0 Å². The van der Waals surface area contributed by atoms with Crippen LogP contribution in [0.1, 0.15) is 58.3 Å². The molecule has 0 aromatic rings. The quantitative estimate of drug-likeness (QED) is 0.800. The van der Waals surface area contributed by atoms with Gasteiger partial charge in [0.05, 0.1) is 0 Å². The van der Waals surface area contributed by atoms with E-state index >= 15 is 0 Å². The topological polar surface area (TPSA) is 29.1 Å². The molecular weight excluding hydrogens is 210 g/mol. The molecule has 1 N–H and O–H groups in total. The van der Waals surface area contributed by atoms with Gasteiger partial charge in [-0.05, 0) is 56.8 Å². The van der Waals surface area contributed by atoms with Crippen molar-refractivity contribution in [1.82, 2.24) is 5.32 Å². The van der Waals surface area contributed by atoms with Gasteiger partial charge in [-0.3, -0.25) is 4.79 Å². The van der Waals surface area contributed by atoms with E-state index < -0.39 is 0 Å². The maximum Gasteiger partial charge on any atom is 0.223 e. The lowest BCUT2D eigenvalue weighted by molar-refractivity contribution is -0.125. The van der Waals surface area contributed by atoms with Gasteiger partial charge in [0.25, 0.3) is 0 Å². The summed E-state index contributed by atoms with van der Waals surface area (Å²) in [5, 5.41) is 3.31. The van der Waals surface area contributed by atoms with E-state index in [2.05, 4.69) is 12.2 Å². The van der Waals surface area contributed by atoms with Crippen molar-refractivity contribution in [3.63, 3.8) is 0 Å². The molecule has 3 fully saturated rings. The number of rotatable bonds is 3. The Bertz CT molecular complexity index is 295. The molecule has 3 aliphatic rings. The Hall–Kier alpha value is -0.530. The maximum absolute atomic E-state index is 12.1. The van der Waals surface area contributed by atoms with Crippen molar-refractivity contribution in [3.8, 4) is 0 Å². The zero-order valence-electron chi connectivity index (χ0n) is 11.0. The predicted octanol–water partition coefficient (Wildman–Crippen LogP) is 3.12. The number of nitrogens with one attached hydrogen (secondary N) is 1. The summed E-state index contributed by atoms with van der Waals surface area (Å²) in [5.41, 5.74) is 0. The summed E-state index contributed by atoms with van der Waals surface area (Å²) in [6, 6.07) is 0.415. The number of hydrogen-bond acceptors (Lipinski definition) is 1. The van der Waals surface area contributed by atoms with E-state index in [1.807, 2.05) is 0 Å². The Morgan fingerprint density at radius 2 is 1.88 bits per heavy atom. The van der Waals surface area contributed by atoms with Crippen LogP contribution in [0.25, 0.3) is 0 Å². The van der Waals surface area contributed by atoms with Crippen LogP contribution >= 0.6 is 0 Å². The SMILES string of the molecule is CC(NC(=O)C1CCCC1)C1CC2CCC1C2. The van der Waals surface area contributed by atoms with Gasteiger partial charge in [-0.25, -0.2) is 0 Å². The molecule has 0 aromatic heterocycles. The van der Waals surface area contributed by atoms with Gasteiger partial charge < -0.3 is 5.32 Å². The van der Waals surface area contributed by atoms with Gasteiger partial charge in [0.1, 0.15) is 0 Å². The molecule has 1 amide bonds. The summed E-state index contributed by atoms with van der Waals surface area (Å²) in [4.78, 5) is 12.1. The van der Waals surface area contributed by atoms with Gasteiger partial charge in [-0.1, -0.05) is 19.3 Å². The highest BCUT2D eigenvalue weighted by Gasteiger charge is 2.42. The molecule has 96 valence electrons. The van der Waals surface area contributed by atoms with Crippen LogP contribution in [0.5, 0.6) is 0 Å². The molecule has 0 saturated heterocycles. The number of carbonyl (C=O) groups is 1. The molecule has 3 rings (SSSR count). The van der Waals surface area contributed by atoms with Crippen LogP contribution in [0.4, 0.5) is 0 Å². The van der Waals surface area contributed by atoms with Crippen molar-refractivity contribution in [1.29, 1.82) is 0 Å². The fourth-order valence-electron chi connectivity index (χ4n) is 4.54. The molecule has 3 saturated carbocycles. The Labute approximate surface area is 105 Å². The minimum absolute atomic E-state index is 0.330. The summed E-state index contributed by atoms with van der Waals surface area (Å²) in [6.07, 6.45) is 10.4. The Morgan fingerprint density at radius 3 is 2.47 bits per heavy atom. The fourth-order valence-corrected chi connectivity index (χ4v) is 4.54. The van der Waals surface area contributed by atoms with Crippen molar-refractivity contribution in [2.45, 2.75) is 64.3 Å². The molecular formula is C15H25NO.